The molecule has 0 bridgehead atoms. The van der Waals surface area contributed by atoms with E-state index >= 15 is 0 Å². The molecule has 2 amide bonds. The van der Waals surface area contributed by atoms with Crippen molar-refractivity contribution in [3.63, 3.8) is 0 Å². The highest BCUT2D eigenvalue weighted by atomic mass is 32.1. The van der Waals surface area contributed by atoms with Crippen LogP contribution in [0, 0.1) is 5.41 Å². The highest BCUT2D eigenvalue weighted by Gasteiger charge is 2.44. The molecule has 0 N–H and O–H groups in total. The van der Waals surface area contributed by atoms with Gasteiger partial charge in [-0.15, -0.1) is 0 Å². The number of imide groups is 1. The lowest BCUT2D eigenvalue weighted by Crippen LogP contribution is -2.34. The highest BCUT2D eigenvalue weighted by molar-refractivity contribution is 7.80. The SMILES string of the molecule is C=C(CS)CN1C(=O)CC(C)(C)C1=O. The van der Waals surface area contributed by atoms with E-state index in [-0.39, 0.29) is 11.8 Å². The van der Waals surface area contributed by atoms with Crippen LogP contribution in [-0.2, 0) is 9.59 Å². The molecule has 0 aromatic heterocycles. The number of amides is 2. The van der Waals surface area contributed by atoms with Crippen LogP contribution in [0.3, 0.4) is 0 Å². The van der Waals surface area contributed by atoms with Crippen LogP contribution in [0.2, 0.25) is 0 Å². The summed E-state index contributed by atoms with van der Waals surface area (Å²) in [5.74, 6) is 0.283. The van der Waals surface area contributed by atoms with Gasteiger partial charge in [-0.2, -0.15) is 12.6 Å². The molecule has 1 saturated heterocycles. The third kappa shape index (κ3) is 2.00. The van der Waals surface area contributed by atoms with Gasteiger partial charge in [0.15, 0.2) is 0 Å². The van der Waals surface area contributed by atoms with Crippen molar-refractivity contribution < 1.29 is 9.59 Å². The lowest BCUT2D eigenvalue weighted by Gasteiger charge is -2.18. The first-order chi connectivity index (χ1) is 6.38. The summed E-state index contributed by atoms with van der Waals surface area (Å²) in [6.45, 7) is 7.62. The van der Waals surface area contributed by atoms with Crippen molar-refractivity contribution in [3.05, 3.63) is 12.2 Å². The molecular formula is C10H15NO2S. The summed E-state index contributed by atoms with van der Waals surface area (Å²) in [7, 11) is 0. The van der Waals surface area contributed by atoms with Gasteiger partial charge in [-0.25, -0.2) is 0 Å². The second-order valence-electron chi connectivity index (χ2n) is 4.25. The van der Waals surface area contributed by atoms with E-state index in [1.54, 1.807) is 13.8 Å². The summed E-state index contributed by atoms with van der Waals surface area (Å²) >= 11 is 4.04. The van der Waals surface area contributed by atoms with Crippen molar-refractivity contribution in [2.45, 2.75) is 20.3 Å². The van der Waals surface area contributed by atoms with Crippen LogP contribution in [0.4, 0.5) is 0 Å². The summed E-state index contributed by atoms with van der Waals surface area (Å²) in [4.78, 5) is 24.5. The molecule has 14 heavy (non-hydrogen) atoms. The number of hydrogen-bond donors (Lipinski definition) is 1. The van der Waals surface area contributed by atoms with Gasteiger partial charge >= 0.3 is 0 Å². The molecule has 4 heteroatoms. The van der Waals surface area contributed by atoms with Crippen molar-refractivity contribution in [1.29, 1.82) is 0 Å². The van der Waals surface area contributed by atoms with Gasteiger partial charge < -0.3 is 0 Å². The number of rotatable bonds is 3. The molecule has 0 spiro atoms. The van der Waals surface area contributed by atoms with Crippen molar-refractivity contribution in [1.82, 2.24) is 4.90 Å². The number of carbonyl (C=O) groups is 2. The van der Waals surface area contributed by atoms with Gasteiger partial charge in [-0.3, -0.25) is 14.5 Å². The number of nitrogens with zero attached hydrogens (tertiary/aromatic N) is 1. The van der Waals surface area contributed by atoms with Gasteiger partial charge in [0.25, 0.3) is 0 Å². The molecule has 1 heterocycles. The minimum absolute atomic E-state index is 0.106. The van der Waals surface area contributed by atoms with Crippen LogP contribution in [0.15, 0.2) is 12.2 Å². The molecular weight excluding hydrogens is 198 g/mol. The topological polar surface area (TPSA) is 37.4 Å². The predicted octanol–water partition coefficient (Wildman–Crippen LogP) is 1.26. The van der Waals surface area contributed by atoms with Crippen LogP contribution >= 0.6 is 12.6 Å². The third-order valence-corrected chi connectivity index (χ3v) is 2.77. The average molecular weight is 213 g/mol. The van der Waals surface area contributed by atoms with Crippen LogP contribution in [0.5, 0.6) is 0 Å². The quantitative estimate of drug-likeness (QED) is 0.435. The van der Waals surface area contributed by atoms with Crippen molar-refractivity contribution in [2.24, 2.45) is 5.41 Å². The molecule has 78 valence electrons. The fraction of sp³-hybridized carbons (Fsp3) is 0.600. The molecule has 0 unspecified atom stereocenters. The first-order valence-electron chi connectivity index (χ1n) is 4.51. The van der Waals surface area contributed by atoms with Crippen LogP contribution < -0.4 is 0 Å². The Morgan fingerprint density at radius 3 is 2.50 bits per heavy atom. The minimum atomic E-state index is -0.548. The molecule has 0 saturated carbocycles. The van der Waals surface area contributed by atoms with Crippen molar-refractivity contribution >= 4 is 24.4 Å². The highest BCUT2D eigenvalue weighted by Crippen LogP contribution is 2.31. The van der Waals surface area contributed by atoms with E-state index in [1.807, 2.05) is 0 Å². The zero-order valence-corrected chi connectivity index (χ0v) is 9.43. The fourth-order valence-electron chi connectivity index (χ4n) is 1.46. The van der Waals surface area contributed by atoms with Gasteiger partial charge in [0.2, 0.25) is 11.8 Å². The first kappa shape index (κ1) is 11.3. The van der Waals surface area contributed by atoms with Gasteiger partial charge in [-0.1, -0.05) is 20.4 Å². The molecule has 1 rings (SSSR count). The summed E-state index contributed by atoms with van der Waals surface area (Å²) < 4.78 is 0. The van der Waals surface area contributed by atoms with Crippen LogP contribution in [0.25, 0.3) is 0 Å². The third-order valence-electron chi connectivity index (χ3n) is 2.32. The van der Waals surface area contributed by atoms with Gasteiger partial charge in [-0.05, 0) is 5.57 Å². The molecule has 0 atom stereocenters. The summed E-state index contributed by atoms with van der Waals surface area (Å²) in [6.07, 6.45) is 0.297. The maximum absolute atomic E-state index is 11.7. The molecule has 0 radical (unpaired) electrons. The van der Waals surface area contributed by atoms with Crippen LogP contribution in [0.1, 0.15) is 20.3 Å². The number of carbonyl (C=O) groups excluding carboxylic acids is 2. The van der Waals surface area contributed by atoms with E-state index in [4.69, 9.17) is 0 Å². The summed E-state index contributed by atoms with van der Waals surface area (Å²) in [5, 5.41) is 0. The normalized spacial score (nSPS) is 20.4. The molecule has 0 aromatic carbocycles. The van der Waals surface area contributed by atoms with Crippen LogP contribution in [-0.4, -0.2) is 29.0 Å². The Bertz CT molecular complexity index is 296. The Morgan fingerprint density at radius 2 is 2.14 bits per heavy atom. The van der Waals surface area contributed by atoms with Gasteiger partial charge in [0.1, 0.15) is 0 Å². The molecule has 3 nitrogen and oxygen atoms in total. The lowest BCUT2D eigenvalue weighted by molar-refractivity contribution is -0.140. The first-order valence-corrected chi connectivity index (χ1v) is 5.14. The second kappa shape index (κ2) is 3.77. The fourth-order valence-corrected chi connectivity index (χ4v) is 1.56. The second-order valence-corrected chi connectivity index (χ2v) is 4.57. The van der Waals surface area contributed by atoms with E-state index < -0.39 is 5.41 Å². The Kier molecular flexibility index (Phi) is 3.04. The molecule has 0 aromatic rings. The number of likely N-dealkylation sites (tertiary alicyclic amines) is 1. The zero-order valence-electron chi connectivity index (χ0n) is 8.54. The molecule has 1 aliphatic heterocycles. The maximum atomic E-state index is 11.7. The number of hydrogen-bond acceptors (Lipinski definition) is 3. The van der Waals surface area contributed by atoms with E-state index in [0.717, 1.165) is 5.57 Å². The molecule has 1 aliphatic rings. The van der Waals surface area contributed by atoms with Gasteiger partial charge in [0.05, 0.1) is 12.0 Å². The standard InChI is InChI=1S/C10H15NO2S/c1-7(6-14)5-11-8(12)4-10(2,3)9(11)13/h14H,1,4-6H2,2-3H3. The summed E-state index contributed by atoms with van der Waals surface area (Å²) in [6, 6.07) is 0. The minimum Gasteiger partial charge on any atom is -0.278 e. The Hall–Kier alpha value is -0.770. The maximum Gasteiger partial charge on any atom is 0.235 e. The van der Waals surface area contributed by atoms with Gasteiger partial charge in [0, 0.05) is 12.2 Å². The van der Waals surface area contributed by atoms with E-state index in [2.05, 4.69) is 19.2 Å². The Balaban J connectivity index is 2.76. The van der Waals surface area contributed by atoms with Crippen molar-refractivity contribution in [3.8, 4) is 0 Å². The van der Waals surface area contributed by atoms with E-state index in [9.17, 15) is 9.59 Å². The largest absolute Gasteiger partial charge is 0.278 e. The summed E-state index contributed by atoms with van der Waals surface area (Å²) in [5.41, 5.74) is 0.237. The Labute approximate surface area is 89.6 Å². The zero-order chi connectivity index (χ0) is 10.9. The number of thiol groups is 1. The average Bonchev–Trinajstić information content (AvgIpc) is 2.28. The molecule has 1 fully saturated rings. The molecule has 0 aliphatic carbocycles. The van der Waals surface area contributed by atoms with E-state index in [1.165, 1.54) is 4.90 Å². The van der Waals surface area contributed by atoms with E-state index in [0.29, 0.717) is 18.7 Å². The predicted molar refractivity (Wildman–Crippen MR) is 58.1 cm³/mol. The van der Waals surface area contributed by atoms with Crippen molar-refractivity contribution in [2.75, 3.05) is 12.3 Å². The smallest absolute Gasteiger partial charge is 0.235 e. The monoisotopic (exact) mass is 213 g/mol. The lowest BCUT2D eigenvalue weighted by atomic mass is 9.92. The Morgan fingerprint density at radius 1 is 1.57 bits per heavy atom.